The van der Waals surface area contributed by atoms with E-state index < -0.39 is 0 Å². The zero-order chi connectivity index (χ0) is 19.0. The number of rotatable bonds is 5. The summed E-state index contributed by atoms with van der Waals surface area (Å²) in [4.78, 5) is 24.7. The summed E-state index contributed by atoms with van der Waals surface area (Å²) in [6.07, 6.45) is 8.61. The molecule has 2 atom stereocenters. The first-order valence-electron chi connectivity index (χ1n) is 9.31. The molecule has 3 aromatic heterocycles. The number of thioether (sulfide) groups is 1. The van der Waals surface area contributed by atoms with Crippen LogP contribution in [0, 0.1) is 5.92 Å². The topological polar surface area (TPSA) is 47.8 Å². The van der Waals surface area contributed by atoms with Crippen molar-refractivity contribution < 1.29 is 0 Å². The highest BCUT2D eigenvalue weighted by Crippen LogP contribution is 2.38. The lowest BCUT2D eigenvalue weighted by atomic mass is 9.89. The summed E-state index contributed by atoms with van der Waals surface area (Å²) in [6, 6.07) is 4.00. The molecule has 0 radical (unpaired) electrons. The summed E-state index contributed by atoms with van der Waals surface area (Å²) < 4.78 is 1.78. The second-order valence-electron chi connectivity index (χ2n) is 7.18. The Balaban J connectivity index is 1.81. The summed E-state index contributed by atoms with van der Waals surface area (Å²) in [7, 11) is 0. The smallest absolute Gasteiger partial charge is 0.263 e. The molecule has 3 aromatic rings. The lowest BCUT2D eigenvalue weighted by Crippen LogP contribution is -2.23. The molecule has 0 aliphatic heterocycles. The maximum absolute atomic E-state index is 13.3. The SMILES string of the molecule is C=CCn1c(SC(C)c2cccnc2)nc2sc3c(c2c1=O)CCC(C)C3. The molecule has 0 amide bonds. The van der Waals surface area contributed by atoms with Gasteiger partial charge in [-0.05, 0) is 49.3 Å². The van der Waals surface area contributed by atoms with E-state index in [-0.39, 0.29) is 10.8 Å². The van der Waals surface area contributed by atoms with Crippen molar-refractivity contribution in [1.82, 2.24) is 14.5 Å². The van der Waals surface area contributed by atoms with Gasteiger partial charge in [0.2, 0.25) is 0 Å². The van der Waals surface area contributed by atoms with E-state index in [1.807, 2.05) is 12.3 Å². The lowest BCUT2D eigenvalue weighted by Gasteiger charge is -2.18. The van der Waals surface area contributed by atoms with Gasteiger partial charge in [0.25, 0.3) is 5.56 Å². The Morgan fingerprint density at radius 3 is 3.11 bits per heavy atom. The van der Waals surface area contributed by atoms with Gasteiger partial charge < -0.3 is 0 Å². The fourth-order valence-electron chi connectivity index (χ4n) is 3.63. The van der Waals surface area contributed by atoms with Gasteiger partial charge in [-0.3, -0.25) is 14.3 Å². The molecule has 0 aromatic carbocycles. The molecule has 0 bridgehead atoms. The van der Waals surface area contributed by atoms with E-state index in [0.29, 0.717) is 12.5 Å². The van der Waals surface area contributed by atoms with Gasteiger partial charge in [0, 0.05) is 29.1 Å². The largest absolute Gasteiger partial charge is 0.283 e. The molecule has 6 heteroatoms. The van der Waals surface area contributed by atoms with Gasteiger partial charge in [-0.25, -0.2) is 4.98 Å². The molecule has 1 aliphatic rings. The van der Waals surface area contributed by atoms with Gasteiger partial charge in [-0.15, -0.1) is 17.9 Å². The first kappa shape index (κ1) is 18.4. The van der Waals surface area contributed by atoms with Gasteiger partial charge in [-0.1, -0.05) is 30.8 Å². The number of thiophene rings is 1. The van der Waals surface area contributed by atoms with Crippen molar-refractivity contribution in [3.05, 3.63) is 63.5 Å². The molecule has 4 rings (SSSR count). The first-order chi connectivity index (χ1) is 13.1. The Morgan fingerprint density at radius 1 is 1.52 bits per heavy atom. The number of pyridine rings is 1. The number of aryl methyl sites for hydroxylation is 1. The fourth-order valence-corrected chi connectivity index (χ4v) is 6.08. The molecule has 0 N–H and O–H groups in total. The van der Waals surface area contributed by atoms with Crippen molar-refractivity contribution in [2.45, 2.75) is 50.1 Å². The molecular formula is C21H23N3OS2. The minimum Gasteiger partial charge on any atom is -0.283 e. The van der Waals surface area contributed by atoms with Gasteiger partial charge in [0.15, 0.2) is 5.16 Å². The first-order valence-corrected chi connectivity index (χ1v) is 11.0. The van der Waals surface area contributed by atoms with E-state index in [1.54, 1.807) is 39.9 Å². The summed E-state index contributed by atoms with van der Waals surface area (Å²) in [5, 5.41) is 1.76. The quantitative estimate of drug-likeness (QED) is 0.345. The van der Waals surface area contributed by atoms with E-state index in [9.17, 15) is 4.79 Å². The third kappa shape index (κ3) is 3.48. The third-order valence-corrected chi connectivity index (χ3v) is 7.42. The van der Waals surface area contributed by atoms with Crippen LogP contribution in [0.4, 0.5) is 0 Å². The van der Waals surface area contributed by atoms with Crippen LogP contribution in [0.25, 0.3) is 10.2 Å². The van der Waals surface area contributed by atoms with Crippen molar-refractivity contribution in [1.29, 1.82) is 0 Å². The minimum absolute atomic E-state index is 0.0767. The number of allylic oxidation sites excluding steroid dienone is 1. The Morgan fingerprint density at radius 2 is 2.37 bits per heavy atom. The van der Waals surface area contributed by atoms with Crippen LogP contribution in [0.5, 0.6) is 0 Å². The summed E-state index contributed by atoms with van der Waals surface area (Å²) in [5.41, 5.74) is 2.44. The average molecular weight is 398 g/mol. The summed E-state index contributed by atoms with van der Waals surface area (Å²) in [5.74, 6) is 0.681. The second kappa shape index (κ2) is 7.60. The molecule has 0 saturated heterocycles. The van der Waals surface area contributed by atoms with E-state index in [1.165, 1.54) is 10.4 Å². The van der Waals surface area contributed by atoms with Crippen LogP contribution >= 0.6 is 23.1 Å². The van der Waals surface area contributed by atoms with Crippen molar-refractivity contribution in [2.75, 3.05) is 0 Å². The van der Waals surface area contributed by atoms with Crippen LogP contribution < -0.4 is 5.56 Å². The van der Waals surface area contributed by atoms with Crippen LogP contribution in [0.15, 0.2) is 47.1 Å². The molecule has 3 heterocycles. The Hall–Kier alpha value is -1.92. The van der Waals surface area contributed by atoms with Crippen LogP contribution in [-0.4, -0.2) is 14.5 Å². The molecular weight excluding hydrogens is 374 g/mol. The molecule has 2 unspecified atom stereocenters. The zero-order valence-corrected chi connectivity index (χ0v) is 17.3. The normalized spacial score (nSPS) is 17.6. The maximum atomic E-state index is 13.3. The van der Waals surface area contributed by atoms with Gasteiger partial charge in [0.1, 0.15) is 4.83 Å². The van der Waals surface area contributed by atoms with Gasteiger partial charge >= 0.3 is 0 Å². The lowest BCUT2D eigenvalue weighted by molar-refractivity contribution is 0.509. The van der Waals surface area contributed by atoms with Gasteiger partial charge in [-0.2, -0.15) is 0 Å². The molecule has 4 nitrogen and oxygen atoms in total. The van der Waals surface area contributed by atoms with E-state index >= 15 is 0 Å². The Kier molecular flexibility index (Phi) is 5.19. The predicted molar refractivity (Wildman–Crippen MR) is 114 cm³/mol. The predicted octanol–water partition coefficient (Wildman–Crippen LogP) is 5.02. The molecule has 0 fully saturated rings. The van der Waals surface area contributed by atoms with Crippen molar-refractivity contribution >= 4 is 33.3 Å². The minimum atomic E-state index is 0.0767. The Labute approximate surface area is 167 Å². The number of aromatic nitrogens is 3. The molecule has 140 valence electrons. The number of hydrogen-bond donors (Lipinski definition) is 0. The van der Waals surface area contributed by atoms with E-state index in [4.69, 9.17) is 4.98 Å². The zero-order valence-electron chi connectivity index (χ0n) is 15.6. The number of nitrogens with zero attached hydrogens (tertiary/aromatic N) is 3. The maximum Gasteiger partial charge on any atom is 0.263 e. The highest BCUT2D eigenvalue weighted by molar-refractivity contribution is 7.99. The highest BCUT2D eigenvalue weighted by atomic mass is 32.2. The number of fused-ring (bicyclic) bond motifs is 3. The van der Waals surface area contributed by atoms with Crippen LogP contribution in [-0.2, 0) is 19.4 Å². The van der Waals surface area contributed by atoms with Crippen molar-refractivity contribution in [2.24, 2.45) is 5.92 Å². The van der Waals surface area contributed by atoms with E-state index in [0.717, 1.165) is 40.2 Å². The molecule has 0 spiro atoms. The number of hydrogen-bond acceptors (Lipinski definition) is 5. The summed E-state index contributed by atoms with van der Waals surface area (Å²) >= 11 is 3.32. The molecule has 0 saturated carbocycles. The van der Waals surface area contributed by atoms with Crippen LogP contribution in [0.3, 0.4) is 0 Å². The van der Waals surface area contributed by atoms with Crippen molar-refractivity contribution in [3.8, 4) is 0 Å². The van der Waals surface area contributed by atoms with Crippen molar-refractivity contribution in [3.63, 3.8) is 0 Å². The Bertz CT molecular complexity index is 1040. The third-order valence-electron chi connectivity index (χ3n) is 5.13. The summed E-state index contributed by atoms with van der Waals surface area (Å²) in [6.45, 7) is 8.72. The van der Waals surface area contributed by atoms with Crippen LogP contribution in [0.1, 0.15) is 41.5 Å². The fraction of sp³-hybridized carbons (Fsp3) is 0.381. The second-order valence-corrected chi connectivity index (χ2v) is 9.57. The van der Waals surface area contributed by atoms with Gasteiger partial charge in [0.05, 0.1) is 5.39 Å². The monoisotopic (exact) mass is 397 g/mol. The molecule has 27 heavy (non-hydrogen) atoms. The standard InChI is InChI=1S/C21H23N3OS2/c1-4-10-24-20(25)18-16-8-7-13(2)11-17(16)27-19(18)23-21(24)26-14(3)15-6-5-9-22-12-15/h4-6,9,12-14H,1,7-8,10-11H2,2-3H3. The van der Waals surface area contributed by atoms with E-state index in [2.05, 4.69) is 31.5 Å². The van der Waals surface area contributed by atoms with Crippen LogP contribution in [0.2, 0.25) is 0 Å². The highest BCUT2D eigenvalue weighted by Gasteiger charge is 2.25. The molecule has 1 aliphatic carbocycles. The average Bonchev–Trinajstić information content (AvgIpc) is 3.02.